The van der Waals surface area contributed by atoms with Crippen LogP contribution >= 0.6 is 0 Å². The Morgan fingerprint density at radius 2 is 1.38 bits per heavy atom. The van der Waals surface area contributed by atoms with Crippen molar-refractivity contribution >= 4 is 29.6 Å². The van der Waals surface area contributed by atoms with Crippen LogP contribution in [0.2, 0.25) is 0 Å². The predicted molar refractivity (Wildman–Crippen MR) is 138 cm³/mol. The minimum Gasteiger partial charge on any atom is -0.480 e. The van der Waals surface area contributed by atoms with E-state index in [4.69, 9.17) is 17.2 Å². The fourth-order valence-electron chi connectivity index (χ4n) is 3.48. The van der Waals surface area contributed by atoms with Crippen LogP contribution in [-0.2, 0) is 30.4 Å². The van der Waals surface area contributed by atoms with Crippen molar-refractivity contribution in [3.63, 3.8) is 0 Å². The fourth-order valence-corrected chi connectivity index (χ4v) is 3.48. The number of aliphatic carboxylic acids is 1. The molecule has 4 amide bonds. The molecule has 206 valence electrons. The van der Waals surface area contributed by atoms with Gasteiger partial charge in [-0.2, -0.15) is 0 Å². The molecule has 1 rings (SSSR count). The molecule has 12 heteroatoms. The molecule has 0 aliphatic heterocycles. The van der Waals surface area contributed by atoms with Gasteiger partial charge in [0.2, 0.25) is 23.6 Å². The lowest BCUT2D eigenvalue weighted by molar-refractivity contribution is -0.142. The molecule has 4 atom stereocenters. The second kappa shape index (κ2) is 16.3. The quantitative estimate of drug-likeness (QED) is 0.128. The van der Waals surface area contributed by atoms with Crippen molar-refractivity contribution in [2.45, 2.75) is 76.5 Å². The third-order valence-corrected chi connectivity index (χ3v) is 5.81. The average Bonchev–Trinajstić information content (AvgIpc) is 2.85. The summed E-state index contributed by atoms with van der Waals surface area (Å²) in [5, 5.41) is 17.2. The van der Waals surface area contributed by atoms with E-state index in [1.54, 1.807) is 44.2 Å². The zero-order valence-corrected chi connectivity index (χ0v) is 21.4. The highest BCUT2D eigenvalue weighted by molar-refractivity contribution is 5.94. The topological polar surface area (TPSA) is 220 Å². The zero-order valence-electron chi connectivity index (χ0n) is 21.4. The van der Waals surface area contributed by atoms with Gasteiger partial charge in [0, 0.05) is 12.8 Å². The lowest BCUT2D eigenvalue weighted by Crippen LogP contribution is -2.57. The molecule has 0 aliphatic carbocycles. The van der Waals surface area contributed by atoms with Gasteiger partial charge in [-0.05, 0) is 43.7 Å². The molecule has 0 bridgehead atoms. The number of carbonyl (C=O) groups is 5. The van der Waals surface area contributed by atoms with Gasteiger partial charge in [0.1, 0.15) is 18.1 Å². The van der Waals surface area contributed by atoms with Crippen LogP contribution in [0.5, 0.6) is 0 Å². The van der Waals surface area contributed by atoms with Gasteiger partial charge in [-0.25, -0.2) is 4.79 Å². The van der Waals surface area contributed by atoms with Crippen LogP contribution in [0.1, 0.15) is 51.5 Å². The number of nitrogens with one attached hydrogen (secondary N) is 3. The molecule has 4 unspecified atom stereocenters. The molecule has 0 heterocycles. The lowest BCUT2D eigenvalue weighted by atomic mass is 10.0. The van der Waals surface area contributed by atoms with E-state index in [0.717, 1.165) is 0 Å². The Morgan fingerprint density at radius 1 is 0.838 bits per heavy atom. The maximum atomic E-state index is 13.1. The van der Waals surface area contributed by atoms with Crippen molar-refractivity contribution in [3.05, 3.63) is 35.9 Å². The molecule has 0 spiro atoms. The SMILES string of the molecule is CC(C)C(N)C(=O)NC(CCCCN)C(=O)NC(CCC(N)=O)C(=O)NC(Cc1ccccc1)C(=O)O. The van der Waals surface area contributed by atoms with Gasteiger partial charge in [0.05, 0.1) is 6.04 Å². The Labute approximate surface area is 217 Å². The molecule has 0 saturated carbocycles. The van der Waals surface area contributed by atoms with Gasteiger partial charge in [-0.1, -0.05) is 44.2 Å². The Balaban J connectivity index is 3.04. The minimum absolute atomic E-state index is 0.0171. The molecule has 1 aromatic carbocycles. The van der Waals surface area contributed by atoms with Crippen molar-refractivity contribution < 1.29 is 29.1 Å². The Morgan fingerprint density at radius 3 is 1.89 bits per heavy atom. The second-order valence-corrected chi connectivity index (χ2v) is 9.27. The zero-order chi connectivity index (χ0) is 28.0. The van der Waals surface area contributed by atoms with Crippen LogP contribution in [-0.4, -0.2) is 65.4 Å². The summed E-state index contributed by atoms with van der Waals surface area (Å²) in [4.78, 5) is 61.9. The van der Waals surface area contributed by atoms with E-state index in [0.29, 0.717) is 24.9 Å². The number of unbranched alkanes of at least 4 members (excludes halogenated alkanes) is 1. The Bertz CT molecular complexity index is 910. The monoisotopic (exact) mass is 520 g/mol. The van der Waals surface area contributed by atoms with Crippen LogP contribution in [0.4, 0.5) is 0 Å². The summed E-state index contributed by atoms with van der Waals surface area (Å²) < 4.78 is 0. The van der Waals surface area contributed by atoms with Crippen LogP contribution < -0.4 is 33.2 Å². The first-order valence-electron chi connectivity index (χ1n) is 12.4. The van der Waals surface area contributed by atoms with Crippen molar-refractivity contribution in [1.82, 2.24) is 16.0 Å². The van der Waals surface area contributed by atoms with Crippen molar-refractivity contribution in [2.24, 2.45) is 23.1 Å². The summed E-state index contributed by atoms with van der Waals surface area (Å²) in [5.74, 6) is -4.09. The van der Waals surface area contributed by atoms with Crippen molar-refractivity contribution in [1.29, 1.82) is 0 Å². The maximum Gasteiger partial charge on any atom is 0.326 e. The normalized spacial score (nSPS) is 14.2. The van der Waals surface area contributed by atoms with Gasteiger partial charge >= 0.3 is 5.97 Å². The van der Waals surface area contributed by atoms with E-state index >= 15 is 0 Å². The number of primary amides is 1. The smallest absolute Gasteiger partial charge is 0.326 e. The molecule has 10 N–H and O–H groups in total. The number of hydrogen-bond donors (Lipinski definition) is 7. The van der Waals surface area contributed by atoms with Crippen LogP contribution in [0.3, 0.4) is 0 Å². The molecule has 0 radical (unpaired) electrons. The molecule has 0 aromatic heterocycles. The van der Waals surface area contributed by atoms with Gasteiger partial charge in [-0.15, -0.1) is 0 Å². The van der Waals surface area contributed by atoms with E-state index in [9.17, 15) is 29.1 Å². The number of carboxylic acid groups (broad SMARTS) is 1. The van der Waals surface area contributed by atoms with Gasteiger partial charge in [0.25, 0.3) is 0 Å². The van der Waals surface area contributed by atoms with Gasteiger partial charge < -0.3 is 38.3 Å². The summed E-state index contributed by atoms with van der Waals surface area (Å²) in [6.07, 6.45) is 1.03. The van der Waals surface area contributed by atoms with E-state index in [1.165, 1.54) is 0 Å². The standard InChI is InChI=1S/C25H40N6O6/c1-15(2)21(28)24(35)30-17(10-6-7-13-26)22(33)29-18(11-12-20(27)32)23(34)31-19(25(36)37)14-16-8-4-3-5-9-16/h3-5,8-9,15,17-19,21H,6-7,10-14,26,28H2,1-2H3,(H2,27,32)(H,29,33)(H,30,35)(H,31,34)(H,36,37). The number of carboxylic acids is 1. The fraction of sp³-hybridized carbons (Fsp3) is 0.560. The summed E-state index contributed by atoms with van der Waals surface area (Å²) in [7, 11) is 0. The van der Waals surface area contributed by atoms with Crippen LogP contribution in [0.25, 0.3) is 0 Å². The number of rotatable bonds is 17. The average molecular weight is 521 g/mol. The largest absolute Gasteiger partial charge is 0.480 e. The number of amides is 4. The van der Waals surface area contributed by atoms with Gasteiger partial charge in [-0.3, -0.25) is 19.2 Å². The number of hydrogen-bond acceptors (Lipinski definition) is 7. The minimum atomic E-state index is -1.27. The van der Waals surface area contributed by atoms with Gasteiger partial charge in [0.15, 0.2) is 0 Å². The molecule has 0 fully saturated rings. The predicted octanol–water partition coefficient (Wildman–Crippen LogP) is -0.854. The Kier molecular flexibility index (Phi) is 13.9. The van der Waals surface area contributed by atoms with E-state index < -0.39 is 53.8 Å². The Hall–Kier alpha value is -3.51. The van der Waals surface area contributed by atoms with Crippen molar-refractivity contribution in [3.8, 4) is 0 Å². The third kappa shape index (κ3) is 11.8. The maximum absolute atomic E-state index is 13.1. The van der Waals surface area contributed by atoms with Crippen LogP contribution in [0, 0.1) is 5.92 Å². The second-order valence-electron chi connectivity index (χ2n) is 9.27. The third-order valence-electron chi connectivity index (χ3n) is 5.81. The number of nitrogens with two attached hydrogens (primary N) is 3. The molecule has 37 heavy (non-hydrogen) atoms. The highest BCUT2D eigenvalue weighted by Crippen LogP contribution is 2.08. The summed E-state index contributed by atoms with van der Waals surface area (Å²) in [5.41, 5.74) is 17.4. The number of benzene rings is 1. The van der Waals surface area contributed by atoms with E-state index in [2.05, 4.69) is 16.0 Å². The lowest BCUT2D eigenvalue weighted by Gasteiger charge is -2.25. The first-order chi connectivity index (χ1) is 17.5. The van der Waals surface area contributed by atoms with E-state index in [1.807, 2.05) is 0 Å². The highest BCUT2D eigenvalue weighted by Gasteiger charge is 2.30. The molecule has 12 nitrogen and oxygen atoms in total. The molecule has 1 aromatic rings. The molecular formula is C25H40N6O6. The first kappa shape index (κ1) is 31.5. The van der Waals surface area contributed by atoms with Crippen LogP contribution in [0.15, 0.2) is 30.3 Å². The first-order valence-corrected chi connectivity index (χ1v) is 12.4. The summed E-state index contributed by atoms with van der Waals surface area (Å²) in [6.45, 7) is 3.94. The number of carbonyl (C=O) groups excluding carboxylic acids is 4. The molecule has 0 aliphatic rings. The summed E-state index contributed by atoms with van der Waals surface area (Å²) in [6, 6.07) is 4.35. The van der Waals surface area contributed by atoms with E-state index in [-0.39, 0.29) is 31.6 Å². The molecule has 0 saturated heterocycles. The molecular weight excluding hydrogens is 480 g/mol. The summed E-state index contributed by atoms with van der Waals surface area (Å²) >= 11 is 0. The van der Waals surface area contributed by atoms with Crippen molar-refractivity contribution in [2.75, 3.05) is 6.54 Å². The highest BCUT2D eigenvalue weighted by atomic mass is 16.4.